The van der Waals surface area contributed by atoms with Gasteiger partial charge in [-0.25, -0.2) is 4.79 Å². The number of rotatable bonds is 4. The summed E-state index contributed by atoms with van der Waals surface area (Å²) in [5, 5.41) is 2.70. The quantitative estimate of drug-likeness (QED) is 0.857. The van der Waals surface area contributed by atoms with Crippen molar-refractivity contribution in [3.63, 3.8) is 0 Å². The Morgan fingerprint density at radius 1 is 1.30 bits per heavy atom. The highest BCUT2D eigenvalue weighted by Crippen LogP contribution is 2.13. The molecule has 1 aromatic rings. The molecule has 1 N–H and O–H groups in total. The minimum absolute atomic E-state index is 0.0644. The van der Waals surface area contributed by atoms with E-state index in [-0.39, 0.29) is 11.8 Å². The monoisotopic (exact) mass is 278 g/mol. The third kappa shape index (κ3) is 4.99. The van der Waals surface area contributed by atoms with E-state index in [1.165, 1.54) is 6.20 Å². The molecule has 0 unspecified atom stereocenters. The van der Waals surface area contributed by atoms with Crippen molar-refractivity contribution in [2.45, 2.75) is 46.3 Å². The number of esters is 1. The number of carbonyl (C=O) groups excluding carboxylic acids is 2. The summed E-state index contributed by atoms with van der Waals surface area (Å²) in [6, 6.07) is 2.64. The third-order valence-corrected chi connectivity index (χ3v) is 2.54. The number of nitrogens with one attached hydrogen (secondary N) is 1. The number of hydrogen-bond acceptors (Lipinski definition) is 4. The first-order valence-corrected chi connectivity index (χ1v) is 6.64. The van der Waals surface area contributed by atoms with Gasteiger partial charge in [-0.2, -0.15) is 0 Å². The van der Waals surface area contributed by atoms with Gasteiger partial charge in [0.05, 0.1) is 5.56 Å². The van der Waals surface area contributed by atoms with Crippen LogP contribution in [0, 0.1) is 5.92 Å². The fraction of sp³-hybridized carbons (Fsp3) is 0.533. The molecule has 0 radical (unpaired) electrons. The van der Waals surface area contributed by atoms with E-state index in [0.717, 1.165) is 0 Å². The average Bonchev–Trinajstić information content (AvgIpc) is 2.34. The summed E-state index contributed by atoms with van der Waals surface area (Å²) < 4.78 is 5.33. The van der Waals surface area contributed by atoms with Crippen LogP contribution in [0.3, 0.4) is 0 Å². The van der Waals surface area contributed by atoms with Crippen molar-refractivity contribution in [2.24, 2.45) is 5.92 Å². The highest BCUT2D eigenvalue weighted by Gasteiger charge is 2.29. The lowest BCUT2D eigenvalue weighted by molar-refractivity contribution is -0.158. The van der Waals surface area contributed by atoms with Crippen LogP contribution in [0.5, 0.6) is 0 Å². The summed E-state index contributed by atoms with van der Waals surface area (Å²) in [6.07, 6.45) is 3.05. The minimum Gasteiger partial charge on any atom is -0.458 e. The summed E-state index contributed by atoms with van der Waals surface area (Å²) in [5.41, 5.74) is -0.162. The molecule has 0 bridgehead atoms. The Labute approximate surface area is 119 Å². The molecule has 0 saturated carbocycles. The summed E-state index contributed by atoms with van der Waals surface area (Å²) in [6.45, 7) is 9.11. The molecule has 5 heteroatoms. The van der Waals surface area contributed by atoms with Crippen molar-refractivity contribution in [3.8, 4) is 0 Å². The number of ether oxygens (including phenoxy) is 1. The van der Waals surface area contributed by atoms with Gasteiger partial charge in [-0.15, -0.1) is 0 Å². The van der Waals surface area contributed by atoms with E-state index >= 15 is 0 Å². The Morgan fingerprint density at radius 2 is 1.95 bits per heavy atom. The smallest absolute Gasteiger partial charge is 0.329 e. The van der Waals surface area contributed by atoms with E-state index in [0.29, 0.717) is 5.56 Å². The SMILES string of the molecule is CC(C)[C@H](NC(=O)c1cccnc1)C(=O)OC(C)(C)C. The first-order chi connectivity index (χ1) is 9.20. The van der Waals surface area contributed by atoms with Gasteiger partial charge >= 0.3 is 5.97 Å². The number of aromatic nitrogens is 1. The van der Waals surface area contributed by atoms with Gasteiger partial charge in [-0.05, 0) is 38.8 Å². The van der Waals surface area contributed by atoms with Crippen molar-refractivity contribution in [1.82, 2.24) is 10.3 Å². The summed E-state index contributed by atoms with van der Waals surface area (Å²) >= 11 is 0. The summed E-state index contributed by atoms with van der Waals surface area (Å²) in [7, 11) is 0. The van der Waals surface area contributed by atoms with Crippen LogP contribution < -0.4 is 5.32 Å². The molecule has 5 nitrogen and oxygen atoms in total. The average molecular weight is 278 g/mol. The molecule has 1 rings (SSSR count). The second kappa shape index (κ2) is 6.50. The predicted molar refractivity (Wildman–Crippen MR) is 76.2 cm³/mol. The number of amides is 1. The maximum absolute atomic E-state index is 12.1. The molecule has 1 amide bonds. The molecule has 20 heavy (non-hydrogen) atoms. The fourth-order valence-corrected chi connectivity index (χ4v) is 1.58. The maximum atomic E-state index is 12.1. The van der Waals surface area contributed by atoms with Gasteiger partial charge in [0.2, 0.25) is 0 Å². The zero-order valence-corrected chi connectivity index (χ0v) is 12.6. The predicted octanol–water partition coefficient (Wildman–Crippen LogP) is 2.18. The molecule has 1 atom stereocenters. The van der Waals surface area contributed by atoms with Crippen molar-refractivity contribution in [2.75, 3.05) is 0 Å². The van der Waals surface area contributed by atoms with Crippen molar-refractivity contribution < 1.29 is 14.3 Å². The third-order valence-electron chi connectivity index (χ3n) is 2.54. The Bertz CT molecular complexity index is 464. The molecule has 1 aromatic heterocycles. The van der Waals surface area contributed by atoms with Crippen LogP contribution in [-0.4, -0.2) is 28.5 Å². The van der Waals surface area contributed by atoms with Crippen LogP contribution >= 0.6 is 0 Å². The first-order valence-electron chi connectivity index (χ1n) is 6.64. The number of nitrogens with zero attached hydrogens (tertiary/aromatic N) is 1. The van der Waals surface area contributed by atoms with Gasteiger partial charge < -0.3 is 10.1 Å². The van der Waals surface area contributed by atoms with Crippen LogP contribution in [-0.2, 0) is 9.53 Å². The molecule has 0 spiro atoms. The van der Waals surface area contributed by atoms with Gasteiger partial charge in [-0.1, -0.05) is 13.8 Å². The van der Waals surface area contributed by atoms with E-state index in [9.17, 15) is 9.59 Å². The van der Waals surface area contributed by atoms with Crippen LogP contribution in [0.15, 0.2) is 24.5 Å². The zero-order valence-electron chi connectivity index (χ0n) is 12.6. The Morgan fingerprint density at radius 3 is 2.40 bits per heavy atom. The Hall–Kier alpha value is -1.91. The zero-order chi connectivity index (χ0) is 15.3. The van der Waals surface area contributed by atoms with E-state index in [4.69, 9.17) is 4.74 Å². The van der Waals surface area contributed by atoms with Gasteiger partial charge in [0, 0.05) is 12.4 Å². The highest BCUT2D eigenvalue weighted by molar-refractivity contribution is 5.96. The lowest BCUT2D eigenvalue weighted by Gasteiger charge is -2.26. The topological polar surface area (TPSA) is 68.3 Å². The van der Waals surface area contributed by atoms with Crippen LogP contribution in [0.2, 0.25) is 0 Å². The molecule has 0 aromatic carbocycles. The molecule has 0 aliphatic carbocycles. The second-order valence-corrected chi connectivity index (χ2v) is 5.97. The molecule has 0 saturated heterocycles. The van der Waals surface area contributed by atoms with E-state index < -0.39 is 17.6 Å². The lowest BCUT2D eigenvalue weighted by atomic mass is 10.0. The molecular formula is C15H22N2O3. The summed E-state index contributed by atoms with van der Waals surface area (Å²) in [5.74, 6) is -0.821. The maximum Gasteiger partial charge on any atom is 0.329 e. The summed E-state index contributed by atoms with van der Waals surface area (Å²) in [4.78, 5) is 28.1. The number of hydrogen-bond donors (Lipinski definition) is 1. The van der Waals surface area contributed by atoms with Crippen LogP contribution in [0.4, 0.5) is 0 Å². The Balaban J connectivity index is 2.78. The van der Waals surface area contributed by atoms with Gasteiger partial charge in [0.25, 0.3) is 5.91 Å². The molecule has 110 valence electrons. The van der Waals surface area contributed by atoms with Gasteiger partial charge in [0.1, 0.15) is 11.6 Å². The van der Waals surface area contributed by atoms with Crippen LogP contribution in [0.1, 0.15) is 45.0 Å². The molecule has 0 fully saturated rings. The molecular weight excluding hydrogens is 256 g/mol. The number of pyridine rings is 1. The molecule has 0 aliphatic heterocycles. The normalized spacial score (nSPS) is 12.9. The minimum atomic E-state index is -0.679. The number of carbonyl (C=O) groups is 2. The highest BCUT2D eigenvalue weighted by atomic mass is 16.6. The van der Waals surface area contributed by atoms with E-state index in [1.54, 1.807) is 39.1 Å². The van der Waals surface area contributed by atoms with Crippen molar-refractivity contribution >= 4 is 11.9 Å². The standard InChI is InChI=1S/C15H22N2O3/c1-10(2)12(14(19)20-15(3,4)5)17-13(18)11-7-6-8-16-9-11/h6-10,12H,1-5H3,(H,17,18)/t12-/m0/s1. The van der Waals surface area contributed by atoms with E-state index in [2.05, 4.69) is 10.3 Å². The fourth-order valence-electron chi connectivity index (χ4n) is 1.58. The van der Waals surface area contributed by atoms with Gasteiger partial charge in [-0.3, -0.25) is 9.78 Å². The van der Waals surface area contributed by atoms with Gasteiger partial charge in [0.15, 0.2) is 0 Å². The first kappa shape index (κ1) is 16.1. The molecule has 1 heterocycles. The second-order valence-electron chi connectivity index (χ2n) is 5.97. The van der Waals surface area contributed by atoms with Crippen molar-refractivity contribution in [1.29, 1.82) is 0 Å². The molecule has 0 aliphatic rings. The van der Waals surface area contributed by atoms with Crippen molar-refractivity contribution in [3.05, 3.63) is 30.1 Å². The Kier molecular flexibility index (Phi) is 5.25. The van der Waals surface area contributed by atoms with E-state index in [1.807, 2.05) is 13.8 Å². The van der Waals surface area contributed by atoms with Crippen LogP contribution in [0.25, 0.3) is 0 Å². The lowest BCUT2D eigenvalue weighted by Crippen LogP contribution is -2.47. The largest absolute Gasteiger partial charge is 0.458 e.